The fraction of sp³-hybridized carbons (Fsp3) is 0.167. The summed E-state index contributed by atoms with van der Waals surface area (Å²) < 4.78 is 6.48. The van der Waals surface area contributed by atoms with E-state index in [9.17, 15) is 4.79 Å². The zero-order valence-corrected chi connectivity index (χ0v) is 13.3. The van der Waals surface area contributed by atoms with Gasteiger partial charge in [-0.25, -0.2) is 4.68 Å². The van der Waals surface area contributed by atoms with Crippen molar-refractivity contribution in [1.29, 1.82) is 5.26 Å². The molecule has 0 unspecified atom stereocenters. The molecule has 1 heterocycles. The summed E-state index contributed by atoms with van der Waals surface area (Å²) >= 11 is 0. The highest BCUT2D eigenvalue weighted by atomic mass is 16.5. The molecule has 116 valence electrons. The normalized spacial score (nSPS) is 11.0. The van der Waals surface area contributed by atoms with Crippen LogP contribution in [0, 0.1) is 25.2 Å². The first-order valence-electron chi connectivity index (χ1n) is 7.06. The number of methoxy groups -OCH3 is 1. The average molecular weight is 307 g/mol. The van der Waals surface area contributed by atoms with Gasteiger partial charge in [-0.2, -0.15) is 10.4 Å². The van der Waals surface area contributed by atoms with Crippen molar-refractivity contribution < 1.29 is 4.74 Å². The summed E-state index contributed by atoms with van der Waals surface area (Å²) in [5.74, 6) is 0.757. The second kappa shape index (κ2) is 7.23. The van der Waals surface area contributed by atoms with Gasteiger partial charge < -0.3 is 4.74 Å². The van der Waals surface area contributed by atoms with Gasteiger partial charge in [-0.3, -0.25) is 4.79 Å². The molecule has 23 heavy (non-hydrogen) atoms. The van der Waals surface area contributed by atoms with Crippen LogP contribution in [0.1, 0.15) is 22.4 Å². The molecule has 0 atom stereocenters. The molecule has 1 aromatic heterocycles. The van der Waals surface area contributed by atoms with Gasteiger partial charge in [0.25, 0.3) is 5.56 Å². The third kappa shape index (κ3) is 3.55. The van der Waals surface area contributed by atoms with E-state index in [1.807, 2.05) is 36.4 Å². The highest BCUT2D eigenvalue weighted by Crippen LogP contribution is 2.18. The molecule has 1 aromatic carbocycles. The lowest BCUT2D eigenvalue weighted by Crippen LogP contribution is -2.22. The van der Waals surface area contributed by atoms with Crippen LogP contribution in [0.15, 0.2) is 46.3 Å². The van der Waals surface area contributed by atoms with Crippen molar-refractivity contribution in [2.75, 3.05) is 7.11 Å². The number of allylic oxidation sites excluding steroid dienone is 1. The Morgan fingerprint density at radius 3 is 2.74 bits per heavy atom. The van der Waals surface area contributed by atoms with E-state index >= 15 is 0 Å². The quantitative estimate of drug-likeness (QED) is 0.816. The van der Waals surface area contributed by atoms with Gasteiger partial charge in [0.1, 0.15) is 17.4 Å². The van der Waals surface area contributed by atoms with E-state index in [0.717, 1.165) is 11.3 Å². The topological polar surface area (TPSA) is 67.4 Å². The van der Waals surface area contributed by atoms with E-state index in [0.29, 0.717) is 11.3 Å². The molecule has 0 saturated heterocycles. The number of aromatic nitrogens is 1. The number of hydrogen-bond donors (Lipinski definition) is 0. The molecule has 0 amide bonds. The minimum Gasteiger partial charge on any atom is -0.496 e. The molecule has 0 saturated carbocycles. The molecule has 0 bridgehead atoms. The first-order chi connectivity index (χ1) is 11.1. The highest BCUT2D eigenvalue weighted by molar-refractivity contribution is 5.79. The van der Waals surface area contributed by atoms with E-state index in [4.69, 9.17) is 10.00 Å². The third-order valence-corrected chi connectivity index (χ3v) is 3.35. The predicted octanol–water partition coefficient (Wildman–Crippen LogP) is 2.89. The Hall–Kier alpha value is -3.13. The van der Waals surface area contributed by atoms with Crippen LogP contribution in [0.4, 0.5) is 0 Å². The van der Waals surface area contributed by atoms with Crippen molar-refractivity contribution in [1.82, 2.24) is 4.68 Å². The first kappa shape index (κ1) is 16.2. The summed E-state index contributed by atoms with van der Waals surface area (Å²) in [7, 11) is 1.61. The van der Waals surface area contributed by atoms with E-state index in [2.05, 4.69) is 5.10 Å². The van der Waals surface area contributed by atoms with E-state index in [-0.39, 0.29) is 5.56 Å². The third-order valence-electron chi connectivity index (χ3n) is 3.35. The van der Waals surface area contributed by atoms with Crippen LogP contribution in [0.25, 0.3) is 6.08 Å². The largest absolute Gasteiger partial charge is 0.496 e. The van der Waals surface area contributed by atoms with Crippen LogP contribution in [-0.2, 0) is 0 Å². The molecule has 0 fully saturated rings. The van der Waals surface area contributed by atoms with Gasteiger partial charge in [-0.05, 0) is 43.7 Å². The maximum atomic E-state index is 12.2. The van der Waals surface area contributed by atoms with Crippen LogP contribution in [0.3, 0.4) is 0 Å². The number of nitriles is 1. The molecule has 0 aliphatic carbocycles. The fourth-order valence-corrected chi connectivity index (χ4v) is 2.22. The molecule has 0 aliphatic heterocycles. The summed E-state index contributed by atoms with van der Waals surface area (Å²) in [6.07, 6.45) is 5.06. The summed E-state index contributed by atoms with van der Waals surface area (Å²) in [6.45, 7) is 3.51. The summed E-state index contributed by atoms with van der Waals surface area (Å²) in [5.41, 5.74) is 1.94. The number of nitrogens with zero attached hydrogens (tertiary/aromatic N) is 3. The lowest BCUT2D eigenvalue weighted by atomic mass is 10.1. The average Bonchev–Trinajstić information content (AvgIpc) is 2.54. The van der Waals surface area contributed by atoms with Gasteiger partial charge in [0.2, 0.25) is 0 Å². The molecule has 5 nitrogen and oxygen atoms in total. The minimum absolute atomic E-state index is 0.112. The van der Waals surface area contributed by atoms with Crippen molar-refractivity contribution in [3.63, 3.8) is 0 Å². The summed E-state index contributed by atoms with van der Waals surface area (Å²) in [6, 6.07) is 11.3. The number of benzene rings is 1. The van der Waals surface area contributed by atoms with Crippen molar-refractivity contribution in [3.05, 3.63) is 69.1 Å². The minimum atomic E-state index is -0.410. The maximum Gasteiger partial charge on any atom is 0.289 e. The molecule has 2 rings (SSSR count). The Balaban J connectivity index is 2.30. The van der Waals surface area contributed by atoms with Gasteiger partial charge in [0.05, 0.1) is 7.11 Å². The van der Waals surface area contributed by atoms with Crippen LogP contribution in [0.2, 0.25) is 0 Å². The van der Waals surface area contributed by atoms with Gasteiger partial charge in [0, 0.05) is 17.5 Å². The van der Waals surface area contributed by atoms with Crippen LogP contribution in [-0.4, -0.2) is 18.0 Å². The zero-order valence-electron chi connectivity index (χ0n) is 13.3. The van der Waals surface area contributed by atoms with E-state index < -0.39 is 5.56 Å². The number of para-hydroxylation sites is 1. The number of ether oxygens (including phenoxy) is 1. The molecule has 2 aromatic rings. The Kier molecular flexibility index (Phi) is 5.11. The molecule has 0 N–H and O–H groups in total. The molecular weight excluding hydrogens is 290 g/mol. The lowest BCUT2D eigenvalue weighted by molar-refractivity contribution is 0.414. The fourth-order valence-electron chi connectivity index (χ4n) is 2.22. The second-order valence-electron chi connectivity index (χ2n) is 4.94. The van der Waals surface area contributed by atoms with Gasteiger partial charge in [0.15, 0.2) is 0 Å². The van der Waals surface area contributed by atoms with E-state index in [1.54, 1.807) is 33.1 Å². The molecule has 0 radical (unpaired) electrons. The van der Waals surface area contributed by atoms with Crippen molar-refractivity contribution >= 4 is 12.3 Å². The Morgan fingerprint density at radius 2 is 2.04 bits per heavy atom. The summed E-state index contributed by atoms with van der Waals surface area (Å²) in [5, 5.41) is 13.2. The van der Waals surface area contributed by atoms with Crippen LogP contribution >= 0.6 is 0 Å². The number of rotatable bonds is 4. The standard InChI is InChI=1S/C18H17N3O2/c1-13-11-14(2)21(18(22)16(13)12-19)20-10-6-8-15-7-4-5-9-17(15)23-3/h4-11H,1-3H3/b8-6+,20-10-. The van der Waals surface area contributed by atoms with Crippen molar-refractivity contribution in [2.24, 2.45) is 5.10 Å². The van der Waals surface area contributed by atoms with Gasteiger partial charge >= 0.3 is 0 Å². The molecule has 0 spiro atoms. The smallest absolute Gasteiger partial charge is 0.289 e. The summed E-state index contributed by atoms with van der Waals surface area (Å²) in [4.78, 5) is 12.2. The number of aryl methyl sites for hydroxylation is 2. The highest BCUT2D eigenvalue weighted by Gasteiger charge is 2.08. The molecular formula is C18H17N3O2. The van der Waals surface area contributed by atoms with Crippen LogP contribution < -0.4 is 10.3 Å². The lowest BCUT2D eigenvalue weighted by Gasteiger charge is -2.05. The Labute approximate surface area is 134 Å². The van der Waals surface area contributed by atoms with Crippen molar-refractivity contribution in [3.8, 4) is 11.8 Å². The first-order valence-corrected chi connectivity index (χ1v) is 7.06. The zero-order chi connectivity index (χ0) is 16.8. The Bertz CT molecular complexity index is 871. The van der Waals surface area contributed by atoms with Crippen molar-refractivity contribution in [2.45, 2.75) is 13.8 Å². The SMILES string of the molecule is COc1ccccc1/C=C/C=N\n1c(C)cc(C)c(C#N)c1=O. The van der Waals surface area contributed by atoms with Crippen LogP contribution in [0.5, 0.6) is 5.75 Å². The maximum absolute atomic E-state index is 12.2. The molecule has 5 heteroatoms. The Morgan fingerprint density at radius 1 is 1.30 bits per heavy atom. The van der Waals surface area contributed by atoms with Gasteiger partial charge in [-0.15, -0.1) is 0 Å². The number of hydrogen-bond acceptors (Lipinski definition) is 4. The number of pyridine rings is 1. The second-order valence-corrected chi connectivity index (χ2v) is 4.94. The van der Waals surface area contributed by atoms with E-state index in [1.165, 1.54) is 10.9 Å². The predicted molar refractivity (Wildman–Crippen MR) is 90.8 cm³/mol. The monoisotopic (exact) mass is 307 g/mol. The molecule has 0 aliphatic rings. The van der Waals surface area contributed by atoms with Gasteiger partial charge in [-0.1, -0.05) is 18.2 Å².